The van der Waals surface area contributed by atoms with E-state index in [2.05, 4.69) is 0 Å². The number of nitrogens with zero attached hydrogens (tertiary/aromatic N) is 2. The van der Waals surface area contributed by atoms with E-state index in [9.17, 15) is 23.2 Å². The summed E-state index contributed by atoms with van der Waals surface area (Å²) in [6.45, 7) is -0.393. The predicted octanol–water partition coefficient (Wildman–Crippen LogP) is 0.582. The van der Waals surface area contributed by atoms with Gasteiger partial charge in [-0.3, -0.25) is 19.3 Å². The molecule has 2 rings (SSSR count). The third kappa shape index (κ3) is 2.07. The van der Waals surface area contributed by atoms with Crippen LogP contribution in [0.1, 0.15) is 10.4 Å². The van der Waals surface area contributed by atoms with E-state index in [0.29, 0.717) is 6.07 Å². The first-order valence-electron chi connectivity index (χ1n) is 5.38. The van der Waals surface area contributed by atoms with Crippen molar-refractivity contribution in [3.63, 3.8) is 0 Å². The SMILES string of the molecule is CN(C)C(=O)CN1C(=O)C(=O)c2cc(F)c(F)cc21. The summed E-state index contributed by atoms with van der Waals surface area (Å²) in [5, 5.41) is 0. The molecule has 1 aliphatic rings. The summed E-state index contributed by atoms with van der Waals surface area (Å²) < 4.78 is 26.2. The number of carbonyl (C=O) groups excluding carboxylic acids is 3. The number of ketones is 1. The Morgan fingerprint density at radius 2 is 1.79 bits per heavy atom. The predicted molar refractivity (Wildman–Crippen MR) is 61.7 cm³/mol. The van der Waals surface area contributed by atoms with Crippen LogP contribution in [-0.2, 0) is 9.59 Å². The molecular weight excluding hydrogens is 258 g/mol. The second kappa shape index (κ2) is 4.42. The molecule has 0 saturated carbocycles. The maximum atomic E-state index is 13.2. The second-order valence-electron chi connectivity index (χ2n) is 4.29. The molecule has 1 aromatic carbocycles. The fraction of sp³-hybridized carbons (Fsp3) is 0.250. The van der Waals surface area contributed by atoms with Gasteiger partial charge in [0.05, 0.1) is 11.3 Å². The van der Waals surface area contributed by atoms with Gasteiger partial charge in [-0.25, -0.2) is 8.78 Å². The number of likely N-dealkylation sites (N-methyl/N-ethyl adjacent to an activating group) is 1. The van der Waals surface area contributed by atoms with Gasteiger partial charge in [0.1, 0.15) is 6.54 Å². The van der Waals surface area contributed by atoms with Crippen LogP contribution in [0.5, 0.6) is 0 Å². The van der Waals surface area contributed by atoms with E-state index in [1.807, 2.05) is 0 Å². The van der Waals surface area contributed by atoms with Gasteiger partial charge in [0.2, 0.25) is 5.91 Å². The Morgan fingerprint density at radius 3 is 2.37 bits per heavy atom. The van der Waals surface area contributed by atoms with Crippen LogP contribution in [-0.4, -0.2) is 43.1 Å². The first-order valence-corrected chi connectivity index (χ1v) is 5.38. The molecule has 1 heterocycles. The van der Waals surface area contributed by atoms with Crippen LogP contribution in [0.3, 0.4) is 0 Å². The molecule has 0 bridgehead atoms. The quantitative estimate of drug-likeness (QED) is 0.737. The monoisotopic (exact) mass is 268 g/mol. The maximum Gasteiger partial charge on any atom is 0.299 e. The van der Waals surface area contributed by atoms with Gasteiger partial charge in [0.15, 0.2) is 11.6 Å². The van der Waals surface area contributed by atoms with Crippen molar-refractivity contribution in [3.8, 4) is 0 Å². The van der Waals surface area contributed by atoms with Crippen LogP contribution in [0, 0.1) is 11.6 Å². The van der Waals surface area contributed by atoms with Crippen LogP contribution < -0.4 is 4.90 Å². The van der Waals surface area contributed by atoms with Crippen molar-refractivity contribution in [2.75, 3.05) is 25.5 Å². The number of rotatable bonds is 2. The lowest BCUT2D eigenvalue weighted by Crippen LogP contribution is -2.39. The first kappa shape index (κ1) is 13.1. The standard InChI is InChI=1S/C12H10F2N2O3/c1-15(2)10(17)5-16-9-4-8(14)7(13)3-6(9)11(18)12(16)19/h3-4H,5H2,1-2H3. The Hall–Kier alpha value is -2.31. The number of fused-ring (bicyclic) bond motifs is 1. The Kier molecular flexibility index (Phi) is 3.05. The number of hydrogen-bond donors (Lipinski definition) is 0. The van der Waals surface area contributed by atoms with Gasteiger partial charge in [-0.05, 0) is 6.07 Å². The van der Waals surface area contributed by atoms with Crippen LogP contribution in [0.15, 0.2) is 12.1 Å². The van der Waals surface area contributed by atoms with E-state index in [4.69, 9.17) is 0 Å². The molecule has 0 unspecified atom stereocenters. The summed E-state index contributed by atoms with van der Waals surface area (Å²) in [6, 6.07) is 1.42. The summed E-state index contributed by atoms with van der Waals surface area (Å²) in [6.07, 6.45) is 0. The maximum absolute atomic E-state index is 13.2. The van der Waals surface area contributed by atoms with E-state index in [1.165, 1.54) is 19.0 Å². The fourth-order valence-electron chi connectivity index (χ4n) is 1.72. The van der Waals surface area contributed by atoms with Gasteiger partial charge in [0.25, 0.3) is 11.7 Å². The lowest BCUT2D eigenvalue weighted by molar-refractivity contribution is -0.128. The number of Topliss-reactive ketones (excluding diaryl/α,β-unsaturated/α-hetero) is 1. The van der Waals surface area contributed by atoms with Gasteiger partial charge in [-0.2, -0.15) is 0 Å². The molecular formula is C12H10F2N2O3. The first-order chi connectivity index (χ1) is 8.82. The van der Waals surface area contributed by atoms with Crippen molar-refractivity contribution in [2.24, 2.45) is 0 Å². The Balaban J connectivity index is 2.44. The molecule has 5 nitrogen and oxygen atoms in total. The van der Waals surface area contributed by atoms with Crippen LogP contribution in [0.4, 0.5) is 14.5 Å². The number of carbonyl (C=O) groups is 3. The molecule has 19 heavy (non-hydrogen) atoms. The van der Waals surface area contributed by atoms with Gasteiger partial charge in [0, 0.05) is 20.2 Å². The number of anilines is 1. The van der Waals surface area contributed by atoms with Crippen molar-refractivity contribution in [1.29, 1.82) is 0 Å². The normalized spacial score (nSPS) is 13.8. The second-order valence-corrected chi connectivity index (χ2v) is 4.29. The van der Waals surface area contributed by atoms with Gasteiger partial charge in [-0.1, -0.05) is 0 Å². The zero-order valence-electron chi connectivity index (χ0n) is 10.2. The summed E-state index contributed by atoms with van der Waals surface area (Å²) in [5.41, 5.74) is -0.306. The van der Waals surface area contributed by atoms with Crippen molar-refractivity contribution < 1.29 is 23.2 Å². The largest absolute Gasteiger partial charge is 0.347 e. The molecule has 1 aliphatic heterocycles. The van der Waals surface area contributed by atoms with Crippen LogP contribution in [0.2, 0.25) is 0 Å². The minimum absolute atomic E-state index is 0.0795. The molecule has 0 aliphatic carbocycles. The average Bonchev–Trinajstić information content (AvgIpc) is 2.56. The van der Waals surface area contributed by atoms with Crippen LogP contribution in [0.25, 0.3) is 0 Å². The highest BCUT2D eigenvalue weighted by Crippen LogP contribution is 2.30. The molecule has 0 N–H and O–H groups in total. The lowest BCUT2D eigenvalue weighted by Gasteiger charge is -2.18. The Labute approximate surface area is 107 Å². The molecule has 1 aromatic rings. The third-order valence-electron chi connectivity index (χ3n) is 2.81. The number of amides is 2. The summed E-state index contributed by atoms with van der Waals surface area (Å²) in [5.74, 6) is -4.72. The molecule has 100 valence electrons. The van der Waals surface area contributed by atoms with E-state index >= 15 is 0 Å². The van der Waals surface area contributed by atoms with E-state index in [1.54, 1.807) is 0 Å². The van der Waals surface area contributed by atoms with E-state index < -0.39 is 35.8 Å². The highest BCUT2D eigenvalue weighted by molar-refractivity contribution is 6.52. The number of halogens is 2. The zero-order chi connectivity index (χ0) is 14.3. The molecule has 0 radical (unpaired) electrons. The topological polar surface area (TPSA) is 57.7 Å². The highest BCUT2D eigenvalue weighted by atomic mass is 19.2. The zero-order valence-corrected chi connectivity index (χ0v) is 10.2. The lowest BCUT2D eigenvalue weighted by atomic mass is 10.1. The highest BCUT2D eigenvalue weighted by Gasteiger charge is 2.38. The van der Waals surface area contributed by atoms with Crippen LogP contribution >= 0.6 is 0 Å². The minimum atomic E-state index is -1.21. The van der Waals surface area contributed by atoms with Crippen molar-refractivity contribution in [1.82, 2.24) is 4.90 Å². The number of hydrogen-bond acceptors (Lipinski definition) is 3. The molecule has 2 amide bonds. The van der Waals surface area contributed by atoms with Gasteiger partial charge < -0.3 is 4.90 Å². The smallest absolute Gasteiger partial charge is 0.299 e. The fourth-order valence-corrected chi connectivity index (χ4v) is 1.72. The summed E-state index contributed by atoms with van der Waals surface area (Å²) in [4.78, 5) is 37.0. The third-order valence-corrected chi connectivity index (χ3v) is 2.81. The molecule has 0 fully saturated rings. The van der Waals surface area contributed by atoms with E-state index in [0.717, 1.165) is 11.0 Å². The average molecular weight is 268 g/mol. The van der Waals surface area contributed by atoms with Crippen molar-refractivity contribution >= 4 is 23.3 Å². The Bertz CT molecular complexity index is 599. The van der Waals surface area contributed by atoms with Gasteiger partial charge >= 0.3 is 0 Å². The molecule has 0 saturated heterocycles. The molecule has 0 spiro atoms. The van der Waals surface area contributed by atoms with E-state index in [-0.39, 0.29) is 11.3 Å². The molecule has 7 heteroatoms. The summed E-state index contributed by atoms with van der Waals surface area (Å²) >= 11 is 0. The number of benzene rings is 1. The molecule has 0 aromatic heterocycles. The van der Waals surface area contributed by atoms with Gasteiger partial charge in [-0.15, -0.1) is 0 Å². The van der Waals surface area contributed by atoms with Crippen molar-refractivity contribution in [2.45, 2.75) is 0 Å². The minimum Gasteiger partial charge on any atom is -0.347 e. The Morgan fingerprint density at radius 1 is 1.21 bits per heavy atom. The van der Waals surface area contributed by atoms with Crippen molar-refractivity contribution in [3.05, 3.63) is 29.3 Å². The summed E-state index contributed by atoms with van der Waals surface area (Å²) in [7, 11) is 2.97. The molecule has 0 atom stereocenters.